The van der Waals surface area contributed by atoms with E-state index in [2.05, 4.69) is 20.9 Å². The predicted molar refractivity (Wildman–Crippen MR) is 152 cm³/mol. The fourth-order valence-corrected chi connectivity index (χ4v) is 5.43. The molecule has 0 aliphatic carbocycles. The monoisotopic (exact) mass is 573 g/mol. The molecule has 3 rings (SSSR count). The van der Waals surface area contributed by atoms with Gasteiger partial charge in [-0.1, -0.05) is 45.0 Å². The van der Waals surface area contributed by atoms with Gasteiger partial charge >= 0.3 is 6.09 Å². The first-order valence-corrected chi connectivity index (χ1v) is 14.3. The zero-order valence-corrected chi connectivity index (χ0v) is 24.2. The van der Waals surface area contributed by atoms with Crippen LogP contribution in [0.5, 0.6) is 0 Å². The summed E-state index contributed by atoms with van der Waals surface area (Å²) in [6.07, 6.45) is -0.775. The number of hydrogen-bond acceptors (Lipinski definition) is 7. The number of rotatable bonds is 11. The van der Waals surface area contributed by atoms with Crippen LogP contribution in [0, 0.1) is 12.3 Å². The summed E-state index contributed by atoms with van der Waals surface area (Å²) in [5.74, 6) is -1.12. The van der Waals surface area contributed by atoms with Crippen LogP contribution in [0.25, 0.3) is 10.4 Å². The summed E-state index contributed by atoms with van der Waals surface area (Å²) in [5.41, 5.74) is 4.07. The summed E-state index contributed by atoms with van der Waals surface area (Å²) in [5, 5.41) is 26.9. The standard InChI is InChI=1S/C28H39N5O6S/c1-17-23(40-16-31-17)19-10-8-18(9-11-19)14-30-25(36)21-13-20(34)15-33(21)26(37)24(28(2,3)4)32-22(35)7-5-6-12-29-27(38)39/h8-11,16,20-21,24,29,34H,5-7,12-15H2,1-4H3,(H,30,36)(H,32,35)(H,38,39)/t20-,21+,24?/m1/s1. The van der Waals surface area contributed by atoms with E-state index < -0.39 is 35.6 Å². The van der Waals surface area contributed by atoms with E-state index in [9.17, 15) is 24.3 Å². The molecule has 1 unspecified atom stereocenters. The second-order valence-electron chi connectivity index (χ2n) is 11.1. The molecule has 1 aromatic heterocycles. The highest BCUT2D eigenvalue weighted by Gasteiger charge is 2.44. The van der Waals surface area contributed by atoms with Crippen molar-refractivity contribution >= 4 is 35.2 Å². The van der Waals surface area contributed by atoms with Crippen LogP contribution in [-0.4, -0.2) is 75.2 Å². The zero-order chi connectivity index (χ0) is 29.4. The Kier molecular flexibility index (Phi) is 10.6. The summed E-state index contributed by atoms with van der Waals surface area (Å²) in [7, 11) is 0. The number of β-amino-alcohol motifs (C(OH)–C–C–N with tert-alkyl or cyclic N) is 1. The average molecular weight is 574 g/mol. The molecule has 1 saturated heterocycles. The van der Waals surface area contributed by atoms with Crippen LogP contribution < -0.4 is 16.0 Å². The van der Waals surface area contributed by atoms with Crippen molar-refractivity contribution in [1.29, 1.82) is 0 Å². The first-order valence-electron chi connectivity index (χ1n) is 13.4. The van der Waals surface area contributed by atoms with Crippen LogP contribution in [0.3, 0.4) is 0 Å². The van der Waals surface area contributed by atoms with Gasteiger partial charge in [-0.15, -0.1) is 11.3 Å². The van der Waals surface area contributed by atoms with Gasteiger partial charge in [-0.3, -0.25) is 14.4 Å². The molecule has 4 amide bonds. The Morgan fingerprint density at radius 3 is 2.42 bits per heavy atom. The van der Waals surface area contributed by atoms with Crippen LogP contribution in [0.2, 0.25) is 0 Å². The zero-order valence-electron chi connectivity index (χ0n) is 23.4. The third kappa shape index (κ3) is 8.49. The predicted octanol–water partition coefficient (Wildman–Crippen LogP) is 2.67. The quantitative estimate of drug-likeness (QED) is 0.258. The molecule has 0 bridgehead atoms. The van der Waals surface area contributed by atoms with Gasteiger partial charge in [0.2, 0.25) is 17.7 Å². The third-order valence-electron chi connectivity index (χ3n) is 6.82. The van der Waals surface area contributed by atoms with Gasteiger partial charge in [0.25, 0.3) is 0 Å². The molecule has 2 aromatic rings. The largest absolute Gasteiger partial charge is 0.465 e. The lowest BCUT2D eigenvalue weighted by Gasteiger charge is -2.35. The van der Waals surface area contributed by atoms with E-state index in [-0.39, 0.29) is 44.3 Å². The number of aromatic nitrogens is 1. The van der Waals surface area contributed by atoms with Crippen molar-refractivity contribution in [2.75, 3.05) is 13.1 Å². The van der Waals surface area contributed by atoms with Crippen LogP contribution in [0.1, 0.15) is 57.7 Å². The number of carboxylic acid groups (broad SMARTS) is 1. The maximum atomic E-state index is 13.6. The molecule has 11 nitrogen and oxygen atoms in total. The Balaban J connectivity index is 1.60. The number of likely N-dealkylation sites (tertiary alicyclic amines) is 1. The minimum absolute atomic E-state index is 0.00310. The van der Waals surface area contributed by atoms with Gasteiger partial charge in [0.1, 0.15) is 12.1 Å². The molecule has 0 radical (unpaired) electrons. The SMILES string of the molecule is Cc1ncsc1-c1ccc(CNC(=O)[C@@H]2C[C@@H](O)CN2C(=O)C(NC(=O)CCCCNC(=O)O)C(C)(C)C)cc1. The molecule has 40 heavy (non-hydrogen) atoms. The minimum atomic E-state index is -1.12. The first kappa shape index (κ1) is 31.0. The molecule has 3 atom stereocenters. The van der Waals surface area contributed by atoms with Crippen molar-refractivity contribution in [1.82, 2.24) is 25.8 Å². The summed E-state index contributed by atoms with van der Waals surface area (Å²) in [6.45, 7) is 7.95. The van der Waals surface area contributed by atoms with Gasteiger partial charge in [-0.2, -0.15) is 0 Å². The number of thiazole rings is 1. The summed E-state index contributed by atoms with van der Waals surface area (Å²) in [4.78, 5) is 56.7. The molecule has 12 heteroatoms. The number of nitrogens with zero attached hydrogens (tertiary/aromatic N) is 2. The van der Waals surface area contributed by atoms with Crippen LogP contribution in [-0.2, 0) is 20.9 Å². The lowest BCUT2D eigenvalue weighted by atomic mass is 9.85. The normalized spacial score (nSPS) is 17.8. The number of nitrogens with one attached hydrogen (secondary N) is 3. The van der Waals surface area contributed by atoms with Crippen molar-refractivity contribution in [2.24, 2.45) is 5.41 Å². The summed E-state index contributed by atoms with van der Waals surface area (Å²) < 4.78 is 0. The molecular weight excluding hydrogens is 534 g/mol. The Labute approximate surface area is 238 Å². The molecule has 1 fully saturated rings. The number of hydrogen-bond donors (Lipinski definition) is 5. The Hall–Kier alpha value is -3.51. The molecule has 1 aromatic carbocycles. The highest BCUT2D eigenvalue weighted by molar-refractivity contribution is 7.13. The van der Waals surface area contributed by atoms with Crippen molar-refractivity contribution < 1.29 is 29.4 Å². The van der Waals surface area contributed by atoms with Gasteiger partial charge in [-0.05, 0) is 36.3 Å². The molecule has 0 saturated carbocycles. The molecule has 2 heterocycles. The lowest BCUT2D eigenvalue weighted by Crippen LogP contribution is -2.57. The highest BCUT2D eigenvalue weighted by atomic mass is 32.1. The van der Waals surface area contributed by atoms with E-state index >= 15 is 0 Å². The molecule has 0 spiro atoms. The van der Waals surface area contributed by atoms with Crippen LogP contribution >= 0.6 is 11.3 Å². The number of aliphatic hydroxyl groups is 1. The van der Waals surface area contributed by atoms with Gasteiger partial charge in [0.05, 0.1) is 22.2 Å². The van der Waals surface area contributed by atoms with Crippen LogP contribution in [0.4, 0.5) is 4.79 Å². The molecule has 1 aliphatic heterocycles. The number of unbranched alkanes of at least 4 members (excludes halogenated alkanes) is 1. The maximum Gasteiger partial charge on any atom is 0.404 e. The molecular formula is C28H39N5O6S. The Morgan fingerprint density at radius 2 is 1.82 bits per heavy atom. The summed E-state index contributed by atoms with van der Waals surface area (Å²) >= 11 is 1.57. The number of carbonyl (C=O) groups excluding carboxylic acids is 3. The van der Waals surface area contributed by atoms with Crippen molar-refractivity contribution in [3.63, 3.8) is 0 Å². The van der Waals surface area contributed by atoms with Gasteiger partial charge < -0.3 is 31.1 Å². The smallest absolute Gasteiger partial charge is 0.404 e. The van der Waals surface area contributed by atoms with Crippen molar-refractivity contribution in [3.8, 4) is 10.4 Å². The minimum Gasteiger partial charge on any atom is -0.465 e. The maximum absolute atomic E-state index is 13.6. The van der Waals surface area contributed by atoms with Crippen molar-refractivity contribution in [2.45, 2.75) is 78.1 Å². The number of aliphatic hydroxyl groups excluding tert-OH is 1. The van der Waals surface area contributed by atoms with E-state index in [0.29, 0.717) is 12.8 Å². The van der Waals surface area contributed by atoms with E-state index in [1.165, 1.54) is 4.90 Å². The second-order valence-corrected chi connectivity index (χ2v) is 12.0. The third-order valence-corrected chi connectivity index (χ3v) is 7.80. The molecule has 218 valence electrons. The van der Waals surface area contributed by atoms with Crippen molar-refractivity contribution in [3.05, 3.63) is 41.0 Å². The van der Waals surface area contributed by atoms with E-state index in [4.69, 9.17) is 5.11 Å². The first-order chi connectivity index (χ1) is 18.9. The van der Waals surface area contributed by atoms with Gasteiger partial charge in [0.15, 0.2) is 0 Å². The van der Waals surface area contributed by atoms with E-state index in [0.717, 1.165) is 21.7 Å². The molecule has 1 aliphatic rings. The second kappa shape index (κ2) is 13.7. The van der Waals surface area contributed by atoms with E-state index in [1.54, 1.807) is 16.8 Å². The topological polar surface area (TPSA) is 161 Å². The van der Waals surface area contributed by atoms with Gasteiger partial charge in [0, 0.05) is 32.5 Å². The average Bonchev–Trinajstić information content (AvgIpc) is 3.50. The number of aryl methyl sites for hydroxylation is 1. The van der Waals surface area contributed by atoms with Crippen LogP contribution in [0.15, 0.2) is 29.8 Å². The number of benzene rings is 1. The number of amides is 4. The highest BCUT2D eigenvalue weighted by Crippen LogP contribution is 2.28. The number of carbonyl (C=O) groups is 4. The lowest BCUT2D eigenvalue weighted by molar-refractivity contribution is -0.144. The van der Waals surface area contributed by atoms with Gasteiger partial charge in [-0.25, -0.2) is 9.78 Å². The molecule has 5 N–H and O–H groups in total. The fraction of sp³-hybridized carbons (Fsp3) is 0.536. The Morgan fingerprint density at radius 1 is 1.12 bits per heavy atom. The summed E-state index contributed by atoms with van der Waals surface area (Å²) in [6, 6.07) is 6.08. The Bertz CT molecular complexity index is 1190. The van der Waals surface area contributed by atoms with E-state index in [1.807, 2.05) is 52.0 Å². The fourth-order valence-electron chi connectivity index (χ4n) is 4.62.